The number of rotatable bonds is 39. The minimum absolute atomic E-state index is 0.0670. The number of carbonyl (C=O) groups is 9. The first kappa shape index (κ1) is 84.0. The summed E-state index contributed by atoms with van der Waals surface area (Å²) in [7, 11) is 0. The predicted molar refractivity (Wildman–Crippen MR) is 327 cm³/mol. The summed E-state index contributed by atoms with van der Waals surface area (Å²) in [4.78, 5) is 122. The third-order valence-electron chi connectivity index (χ3n) is 20.2. The highest BCUT2D eigenvalue weighted by Crippen LogP contribution is 2.57. The van der Waals surface area contributed by atoms with Crippen molar-refractivity contribution >= 4 is 53.7 Å². The Balaban J connectivity index is 2.01. The van der Waals surface area contributed by atoms with Crippen LogP contribution in [-0.2, 0) is 85.8 Å². The first-order chi connectivity index (χ1) is 44.3. The lowest BCUT2D eigenvalue weighted by atomic mass is 9.52. The molecule has 3 saturated carbocycles. The van der Waals surface area contributed by atoms with Gasteiger partial charge in [-0.3, -0.25) is 43.2 Å². The van der Waals surface area contributed by atoms with E-state index >= 15 is 0 Å². The van der Waals surface area contributed by atoms with Crippen LogP contribution in [0.1, 0.15) is 146 Å². The Labute approximate surface area is 554 Å². The zero-order valence-electron chi connectivity index (χ0n) is 56.9. The number of carbonyl (C=O) groups excluding carboxylic acids is 9. The van der Waals surface area contributed by atoms with E-state index in [-0.39, 0.29) is 17.8 Å². The molecule has 3 fully saturated rings. The van der Waals surface area contributed by atoms with E-state index in [0.29, 0.717) is 77.0 Å². The van der Waals surface area contributed by atoms with Gasteiger partial charge in [0.05, 0.1) is 79.3 Å². The Hall–Kier alpha value is -5.25. The Bertz CT molecular complexity index is 2150. The second kappa shape index (κ2) is 35.5. The molecule has 30 heteroatoms. The van der Waals surface area contributed by atoms with Crippen molar-refractivity contribution in [2.24, 2.45) is 71.9 Å². The van der Waals surface area contributed by atoms with Crippen molar-refractivity contribution in [1.29, 1.82) is 0 Å². The molecule has 0 unspecified atom stereocenters. The zero-order chi connectivity index (χ0) is 72.2. The normalized spacial score (nSPS) is 21.0. The summed E-state index contributed by atoms with van der Waals surface area (Å²) in [5.74, 6) is -9.39. The summed E-state index contributed by atoms with van der Waals surface area (Å²) >= 11 is 0. The highest BCUT2D eigenvalue weighted by molar-refractivity contribution is 5.83. The highest BCUT2D eigenvalue weighted by atomic mass is 16.6. The van der Waals surface area contributed by atoms with Gasteiger partial charge >= 0.3 is 53.7 Å². The molecule has 0 amide bonds. The number of hydrogen-bond donors (Lipinski definition) is 12. The van der Waals surface area contributed by atoms with Crippen LogP contribution in [0.5, 0.6) is 0 Å². The molecule has 0 radical (unpaired) electrons. The fraction of sp³-hybridized carbons (Fsp3) is 0.862. The lowest BCUT2D eigenvalue weighted by Gasteiger charge is -2.54. The van der Waals surface area contributed by atoms with Gasteiger partial charge in [-0.15, -0.1) is 0 Å². The zero-order valence-corrected chi connectivity index (χ0v) is 56.9. The molecule has 0 aliphatic heterocycles. The average Bonchev–Trinajstić information content (AvgIpc) is 0.766. The Morgan fingerprint density at radius 3 is 0.495 bits per heavy atom. The number of ether oxygens (including phenoxy) is 9. The molecular formula is C65H108O30. The summed E-state index contributed by atoms with van der Waals surface area (Å²) in [6.07, 6.45) is 2.74. The van der Waals surface area contributed by atoms with Crippen molar-refractivity contribution in [3.8, 4) is 0 Å². The molecular weight excluding hydrogens is 1260 g/mol. The lowest BCUT2D eigenvalue weighted by Crippen LogP contribution is -2.49. The molecule has 3 aliphatic carbocycles. The van der Waals surface area contributed by atoms with E-state index in [1.807, 2.05) is 0 Å². The minimum atomic E-state index is -1.89. The number of hydrogen-bond acceptors (Lipinski definition) is 30. The van der Waals surface area contributed by atoms with Crippen molar-refractivity contribution in [3.05, 3.63) is 0 Å². The van der Waals surface area contributed by atoms with E-state index in [1.165, 1.54) is 62.3 Å². The molecule has 12 N–H and O–H groups in total. The van der Waals surface area contributed by atoms with Crippen molar-refractivity contribution in [2.75, 3.05) is 119 Å². The summed E-state index contributed by atoms with van der Waals surface area (Å²) in [6, 6.07) is 0. The molecule has 3 aliphatic rings. The van der Waals surface area contributed by atoms with Crippen LogP contribution in [0.2, 0.25) is 0 Å². The molecule has 0 aromatic rings. The predicted octanol–water partition coefficient (Wildman–Crippen LogP) is -0.478. The van der Waals surface area contributed by atoms with Crippen LogP contribution in [0, 0.1) is 71.9 Å². The maximum atomic E-state index is 14.3. The largest absolute Gasteiger partial charge is 0.464 e. The molecule has 0 heterocycles. The summed E-state index contributed by atoms with van der Waals surface area (Å²) in [6.45, 7) is -0.607. The number of aliphatic hydroxyl groups excluding tert-OH is 12. The Kier molecular flexibility index (Phi) is 31.4. The molecule has 3 rings (SSSR count). The molecule has 548 valence electrons. The standard InChI is InChI=1S/C65H108O30/c1-56(23-66,24-67)47(78)87-35-62(7,36-88-48(79)57(2,25-68)26-69)53(84)93-44-17-11-41(12-18-44)65(10,42-13-19-45(20-14-42)94-54(85)63(8,37-89-49(80)58(3,27-70)28-71)38-90-50(81)59(4,29-72)30-73)43-15-21-46(22-16-43)95-55(86)64(9,39-91-51(82)60(5,31-74)32-75)40-92-52(83)61(6,33-76)34-77/h41-46,66-77H,11-40H2,1-10H3. The topological polar surface area (TPSA) is 479 Å². The monoisotopic (exact) mass is 1370 g/mol. The van der Waals surface area contributed by atoms with Gasteiger partial charge in [0, 0.05) is 0 Å². The van der Waals surface area contributed by atoms with Gasteiger partial charge in [-0.05, 0) is 163 Å². The summed E-state index contributed by atoms with van der Waals surface area (Å²) < 4.78 is 51.0. The molecule has 30 nitrogen and oxygen atoms in total. The molecule has 0 bridgehead atoms. The fourth-order valence-electron chi connectivity index (χ4n) is 11.2. The van der Waals surface area contributed by atoms with E-state index in [4.69, 9.17) is 42.6 Å². The minimum Gasteiger partial charge on any atom is -0.464 e. The van der Waals surface area contributed by atoms with Crippen LogP contribution in [0.25, 0.3) is 0 Å². The van der Waals surface area contributed by atoms with Crippen LogP contribution >= 0.6 is 0 Å². The van der Waals surface area contributed by atoms with Crippen LogP contribution in [0.3, 0.4) is 0 Å². The SMILES string of the molecule is CC(CO)(CO)C(=O)OCC(C)(COC(=O)C(C)(CO)CO)C(=O)OC1CCC(C(C)(C2CCC(OC(=O)C(C)(COC(=O)C(C)(CO)CO)COC(=O)C(C)(CO)CO)CC2)C2CCC(OC(=O)C(C)(COC(=O)C(C)(CO)CO)COC(=O)C(C)(CO)CO)CC2)CC1. The van der Waals surface area contributed by atoms with Gasteiger partial charge in [0.15, 0.2) is 0 Å². The Morgan fingerprint density at radius 2 is 0.368 bits per heavy atom. The third kappa shape index (κ3) is 20.4. The van der Waals surface area contributed by atoms with Gasteiger partial charge in [0.25, 0.3) is 0 Å². The molecule has 0 saturated heterocycles. The maximum absolute atomic E-state index is 14.3. The van der Waals surface area contributed by atoms with Crippen LogP contribution < -0.4 is 0 Å². The van der Waals surface area contributed by atoms with Crippen molar-refractivity contribution in [3.63, 3.8) is 0 Å². The molecule has 0 spiro atoms. The smallest absolute Gasteiger partial charge is 0.319 e. The lowest BCUT2D eigenvalue weighted by molar-refractivity contribution is -0.184. The van der Waals surface area contributed by atoms with Crippen LogP contribution in [0.4, 0.5) is 0 Å². The van der Waals surface area contributed by atoms with E-state index < -0.39 is 245 Å². The maximum Gasteiger partial charge on any atom is 0.319 e. The average molecular weight is 1370 g/mol. The van der Waals surface area contributed by atoms with Crippen molar-refractivity contribution in [1.82, 2.24) is 0 Å². The van der Waals surface area contributed by atoms with Gasteiger partial charge in [-0.2, -0.15) is 0 Å². The van der Waals surface area contributed by atoms with Gasteiger partial charge in [-0.25, -0.2) is 0 Å². The van der Waals surface area contributed by atoms with Gasteiger partial charge < -0.3 is 104 Å². The number of aliphatic hydroxyl groups is 12. The van der Waals surface area contributed by atoms with Crippen molar-refractivity contribution < 1.29 is 147 Å². The van der Waals surface area contributed by atoms with Crippen LogP contribution in [-0.4, -0.2) is 252 Å². The first-order valence-electron chi connectivity index (χ1n) is 32.3. The molecule has 0 aromatic carbocycles. The molecule has 0 atom stereocenters. The molecule has 95 heavy (non-hydrogen) atoms. The second-order valence-electron chi connectivity index (χ2n) is 29.4. The van der Waals surface area contributed by atoms with Gasteiger partial charge in [-0.1, -0.05) is 6.92 Å². The van der Waals surface area contributed by atoms with E-state index in [1.54, 1.807) is 0 Å². The first-order valence-corrected chi connectivity index (χ1v) is 32.3. The van der Waals surface area contributed by atoms with Gasteiger partial charge in [0.2, 0.25) is 0 Å². The van der Waals surface area contributed by atoms with E-state index in [0.717, 1.165) is 0 Å². The quantitative estimate of drug-likeness (QED) is 0.0273. The fourth-order valence-corrected chi connectivity index (χ4v) is 11.2. The van der Waals surface area contributed by atoms with Crippen LogP contribution in [0.15, 0.2) is 0 Å². The van der Waals surface area contributed by atoms with E-state index in [2.05, 4.69) is 6.92 Å². The number of esters is 9. The summed E-state index contributed by atoms with van der Waals surface area (Å²) in [5.41, 5.74) is -16.8. The summed E-state index contributed by atoms with van der Waals surface area (Å²) in [5, 5.41) is 118. The van der Waals surface area contributed by atoms with Crippen molar-refractivity contribution in [2.45, 2.75) is 165 Å². The van der Waals surface area contributed by atoms with Gasteiger partial charge in [0.1, 0.15) is 107 Å². The van der Waals surface area contributed by atoms with E-state index in [9.17, 15) is 104 Å². The molecule has 0 aromatic heterocycles. The third-order valence-corrected chi connectivity index (χ3v) is 20.2. The second-order valence-corrected chi connectivity index (χ2v) is 29.4. The Morgan fingerprint density at radius 1 is 0.232 bits per heavy atom. The highest BCUT2D eigenvalue weighted by Gasteiger charge is 2.53.